The normalized spacial score (nSPS) is 20.1. The van der Waals surface area contributed by atoms with Crippen molar-refractivity contribution in [3.63, 3.8) is 0 Å². The molecule has 2 fully saturated rings. The summed E-state index contributed by atoms with van der Waals surface area (Å²) in [4.78, 5) is 20.0. The van der Waals surface area contributed by atoms with Gasteiger partial charge >= 0.3 is 0 Å². The van der Waals surface area contributed by atoms with Gasteiger partial charge in [0.2, 0.25) is 5.91 Å². The van der Waals surface area contributed by atoms with E-state index in [9.17, 15) is 4.79 Å². The fourth-order valence-electron chi connectivity index (χ4n) is 5.73. The van der Waals surface area contributed by atoms with Gasteiger partial charge in [-0.1, -0.05) is 43.2 Å². The predicted octanol–water partition coefficient (Wildman–Crippen LogP) is 4.20. The lowest BCUT2D eigenvalue weighted by Crippen LogP contribution is -2.53. The highest BCUT2D eigenvalue weighted by atomic mass is 16.5. The number of nitrogens with zero attached hydrogens (tertiary/aromatic N) is 3. The summed E-state index contributed by atoms with van der Waals surface area (Å²) in [6, 6.07) is 15.9. The maximum atomic E-state index is 13.0. The zero-order chi connectivity index (χ0) is 22.6. The summed E-state index contributed by atoms with van der Waals surface area (Å²) in [6.07, 6.45) is 6.45. The SMILES string of the molecule is CCOc1ccc(-c2ccc3c(c2)CCN(CC(=O)N2CCN(C4CCCC4)CC2)C3)cc1. The number of hydrogen-bond acceptors (Lipinski definition) is 4. The zero-order valence-corrected chi connectivity index (χ0v) is 20.0. The van der Waals surface area contributed by atoms with Gasteiger partial charge in [0.05, 0.1) is 13.2 Å². The number of hydrogen-bond donors (Lipinski definition) is 0. The van der Waals surface area contributed by atoms with E-state index in [0.717, 1.165) is 57.5 Å². The van der Waals surface area contributed by atoms with Crippen LogP contribution in [0.25, 0.3) is 11.1 Å². The van der Waals surface area contributed by atoms with E-state index in [-0.39, 0.29) is 0 Å². The Labute approximate surface area is 198 Å². The van der Waals surface area contributed by atoms with Crippen molar-refractivity contribution in [2.24, 2.45) is 0 Å². The smallest absolute Gasteiger partial charge is 0.236 e. The van der Waals surface area contributed by atoms with Crippen LogP contribution >= 0.6 is 0 Å². The molecule has 0 bridgehead atoms. The predicted molar refractivity (Wildman–Crippen MR) is 132 cm³/mol. The van der Waals surface area contributed by atoms with Gasteiger partial charge in [-0.2, -0.15) is 0 Å². The van der Waals surface area contributed by atoms with Crippen LogP contribution in [0.4, 0.5) is 0 Å². The van der Waals surface area contributed by atoms with Crippen molar-refractivity contribution in [2.75, 3.05) is 45.9 Å². The first-order valence-corrected chi connectivity index (χ1v) is 12.8. The minimum Gasteiger partial charge on any atom is -0.494 e. The van der Waals surface area contributed by atoms with Crippen molar-refractivity contribution in [1.82, 2.24) is 14.7 Å². The van der Waals surface area contributed by atoms with E-state index in [4.69, 9.17) is 4.74 Å². The van der Waals surface area contributed by atoms with Crippen LogP contribution in [-0.4, -0.2) is 72.5 Å². The van der Waals surface area contributed by atoms with Crippen LogP contribution in [-0.2, 0) is 17.8 Å². The van der Waals surface area contributed by atoms with E-state index in [1.165, 1.54) is 47.9 Å². The van der Waals surface area contributed by atoms with Gasteiger partial charge in [0.15, 0.2) is 0 Å². The zero-order valence-electron chi connectivity index (χ0n) is 20.0. The first-order valence-electron chi connectivity index (χ1n) is 12.8. The van der Waals surface area contributed by atoms with E-state index < -0.39 is 0 Å². The lowest BCUT2D eigenvalue weighted by atomic mass is 9.94. The number of carbonyl (C=O) groups is 1. The average molecular weight is 448 g/mol. The fraction of sp³-hybridized carbons (Fsp3) is 0.536. The Morgan fingerprint density at radius 3 is 2.36 bits per heavy atom. The number of piperazine rings is 1. The van der Waals surface area contributed by atoms with Gasteiger partial charge in [0.1, 0.15) is 5.75 Å². The standard InChI is InChI=1S/C28H37N3O2/c1-2-33-27-11-9-22(10-12-27)23-7-8-25-20-29(14-13-24(25)19-23)21-28(32)31-17-15-30(16-18-31)26-5-3-4-6-26/h7-12,19,26H,2-6,13-18,20-21H2,1H3. The molecule has 2 heterocycles. The number of rotatable bonds is 6. The van der Waals surface area contributed by atoms with E-state index in [1.54, 1.807) is 0 Å². The van der Waals surface area contributed by atoms with Crippen molar-refractivity contribution < 1.29 is 9.53 Å². The van der Waals surface area contributed by atoms with Crippen LogP contribution in [0, 0.1) is 0 Å². The van der Waals surface area contributed by atoms with Gasteiger partial charge in [0, 0.05) is 45.3 Å². The number of fused-ring (bicyclic) bond motifs is 1. The summed E-state index contributed by atoms with van der Waals surface area (Å²) < 4.78 is 5.56. The quantitative estimate of drug-likeness (QED) is 0.665. The van der Waals surface area contributed by atoms with Crippen LogP contribution in [0.3, 0.4) is 0 Å². The third kappa shape index (κ3) is 5.25. The Morgan fingerprint density at radius 1 is 0.909 bits per heavy atom. The third-order valence-corrected chi connectivity index (χ3v) is 7.66. The summed E-state index contributed by atoms with van der Waals surface area (Å²) >= 11 is 0. The molecule has 1 amide bonds. The summed E-state index contributed by atoms with van der Waals surface area (Å²) in [5, 5.41) is 0. The number of carbonyl (C=O) groups excluding carboxylic acids is 1. The van der Waals surface area contributed by atoms with Crippen molar-refractivity contribution in [3.8, 4) is 16.9 Å². The Kier molecular flexibility index (Phi) is 6.98. The summed E-state index contributed by atoms with van der Waals surface area (Å²) in [5.74, 6) is 1.22. The summed E-state index contributed by atoms with van der Waals surface area (Å²) in [6.45, 7) is 8.94. The summed E-state index contributed by atoms with van der Waals surface area (Å²) in [7, 11) is 0. The molecule has 2 aromatic carbocycles. The van der Waals surface area contributed by atoms with E-state index in [2.05, 4.69) is 45.0 Å². The van der Waals surface area contributed by atoms with Crippen LogP contribution in [0.5, 0.6) is 5.75 Å². The average Bonchev–Trinajstić information content (AvgIpc) is 3.40. The van der Waals surface area contributed by atoms with Crippen LogP contribution in [0.15, 0.2) is 42.5 Å². The molecular weight excluding hydrogens is 410 g/mol. The highest BCUT2D eigenvalue weighted by molar-refractivity contribution is 5.78. The molecule has 1 aliphatic carbocycles. The highest BCUT2D eigenvalue weighted by Crippen LogP contribution is 2.28. The Hall–Kier alpha value is -2.37. The van der Waals surface area contributed by atoms with Gasteiger partial charge in [-0.05, 0) is 60.6 Å². The summed E-state index contributed by atoms with van der Waals surface area (Å²) in [5.41, 5.74) is 5.24. The van der Waals surface area contributed by atoms with E-state index in [1.807, 2.05) is 19.1 Å². The lowest BCUT2D eigenvalue weighted by Gasteiger charge is -2.39. The van der Waals surface area contributed by atoms with Gasteiger partial charge in [-0.25, -0.2) is 0 Å². The molecule has 2 aliphatic heterocycles. The largest absolute Gasteiger partial charge is 0.494 e. The van der Waals surface area contributed by atoms with Crippen molar-refractivity contribution in [3.05, 3.63) is 53.6 Å². The molecule has 2 aromatic rings. The number of benzene rings is 2. The maximum Gasteiger partial charge on any atom is 0.236 e. The second kappa shape index (κ2) is 10.3. The first-order chi connectivity index (χ1) is 16.2. The van der Waals surface area contributed by atoms with Gasteiger partial charge in [-0.3, -0.25) is 14.6 Å². The molecule has 0 unspecified atom stereocenters. The maximum absolute atomic E-state index is 13.0. The van der Waals surface area contributed by atoms with Crippen LogP contribution in [0.2, 0.25) is 0 Å². The van der Waals surface area contributed by atoms with Crippen molar-refractivity contribution in [1.29, 1.82) is 0 Å². The Balaban J connectivity index is 1.15. The van der Waals surface area contributed by atoms with Crippen LogP contribution < -0.4 is 4.74 Å². The second-order valence-corrected chi connectivity index (χ2v) is 9.76. The number of amides is 1. The van der Waals surface area contributed by atoms with Gasteiger partial charge in [0.25, 0.3) is 0 Å². The monoisotopic (exact) mass is 447 g/mol. The second-order valence-electron chi connectivity index (χ2n) is 9.76. The van der Waals surface area contributed by atoms with Crippen LogP contribution in [0.1, 0.15) is 43.7 Å². The Morgan fingerprint density at radius 2 is 1.64 bits per heavy atom. The molecule has 1 saturated carbocycles. The molecule has 5 nitrogen and oxygen atoms in total. The third-order valence-electron chi connectivity index (χ3n) is 7.66. The minimum absolute atomic E-state index is 0.301. The lowest BCUT2D eigenvalue weighted by molar-refractivity contribution is -0.134. The molecule has 5 rings (SSSR count). The molecule has 3 aliphatic rings. The highest BCUT2D eigenvalue weighted by Gasteiger charge is 2.29. The van der Waals surface area contributed by atoms with Gasteiger partial charge in [-0.15, -0.1) is 0 Å². The minimum atomic E-state index is 0.301. The van der Waals surface area contributed by atoms with Crippen molar-refractivity contribution in [2.45, 2.75) is 51.6 Å². The van der Waals surface area contributed by atoms with E-state index >= 15 is 0 Å². The molecule has 33 heavy (non-hydrogen) atoms. The molecule has 0 aromatic heterocycles. The first kappa shape index (κ1) is 22.4. The topological polar surface area (TPSA) is 36.0 Å². The molecule has 0 radical (unpaired) electrons. The van der Waals surface area contributed by atoms with E-state index in [0.29, 0.717) is 19.1 Å². The molecular formula is C28H37N3O2. The molecule has 176 valence electrons. The molecule has 0 spiro atoms. The molecule has 0 atom stereocenters. The number of ether oxygens (including phenoxy) is 1. The van der Waals surface area contributed by atoms with Crippen molar-refractivity contribution >= 4 is 5.91 Å². The molecule has 0 N–H and O–H groups in total. The van der Waals surface area contributed by atoms with Gasteiger partial charge < -0.3 is 9.64 Å². The molecule has 5 heteroatoms. The molecule has 1 saturated heterocycles. The Bertz CT molecular complexity index is 944. The fourth-order valence-corrected chi connectivity index (χ4v) is 5.73.